The summed E-state index contributed by atoms with van der Waals surface area (Å²) < 4.78 is 0. The van der Waals surface area contributed by atoms with Crippen LogP contribution in [-0.2, 0) is 5.41 Å². The molecule has 0 N–H and O–H groups in total. The highest BCUT2D eigenvalue weighted by atomic mass is 14.4. The molecule has 0 saturated heterocycles. The van der Waals surface area contributed by atoms with Crippen LogP contribution in [0.5, 0.6) is 0 Å². The minimum absolute atomic E-state index is 0.0203. The van der Waals surface area contributed by atoms with Gasteiger partial charge in [-0.2, -0.15) is 0 Å². The van der Waals surface area contributed by atoms with Crippen molar-refractivity contribution in [1.82, 2.24) is 0 Å². The van der Waals surface area contributed by atoms with Crippen LogP contribution < -0.4 is 0 Å². The van der Waals surface area contributed by atoms with E-state index in [0.29, 0.717) is 0 Å². The molecule has 7 aromatic rings. The fraction of sp³-hybridized carbons (Fsp3) is 0.0667. The van der Waals surface area contributed by atoms with E-state index in [-0.39, 0.29) is 5.41 Å². The maximum atomic E-state index is 4.30. The third-order valence-electron chi connectivity index (χ3n) is 9.83. The molecule has 8 rings (SSSR count). The Hall–Kier alpha value is -5.46. The predicted octanol–water partition coefficient (Wildman–Crippen LogP) is 12.6. The van der Waals surface area contributed by atoms with Gasteiger partial charge in [0.1, 0.15) is 0 Å². The normalized spacial score (nSPS) is 13.0. The van der Waals surface area contributed by atoms with Crippen LogP contribution >= 0.6 is 0 Å². The first-order chi connectivity index (χ1) is 22.0. The van der Waals surface area contributed by atoms with Crippen LogP contribution in [0.3, 0.4) is 0 Å². The average molecular weight is 575 g/mol. The van der Waals surface area contributed by atoms with Crippen molar-refractivity contribution in [3.05, 3.63) is 169 Å². The number of hydrogen-bond acceptors (Lipinski definition) is 0. The van der Waals surface area contributed by atoms with Crippen molar-refractivity contribution < 1.29 is 0 Å². The smallest absolute Gasteiger partial charge is 0.0159 e. The van der Waals surface area contributed by atoms with E-state index < -0.39 is 0 Å². The van der Waals surface area contributed by atoms with Crippen LogP contribution in [0.2, 0.25) is 0 Å². The Bertz CT molecular complexity index is 2310. The molecule has 0 radical (unpaired) electrons. The van der Waals surface area contributed by atoms with Gasteiger partial charge in [-0.3, -0.25) is 0 Å². The van der Waals surface area contributed by atoms with Crippen LogP contribution in [0.25, 0.3) is 78.2 Å². The molecule has 0 nitrogen and oxygen atoms in total. The molecule has 0 unspecified atom stereocenters. The predicted molar refractivity (Wildman–Crippen MR) is 196 cm³/mol. The Morgan fingerprint density at radius 1 is 0.444 bits per heavy atom. The SMILES string of the molecule is C=Cc1c(C=C)c(-c2ccc3ccccc3c2)c2ccccc2c1-c1ccc(-c2ccc3c(c2)C(C)(C)c2ccccc2-3)cc1. The number of hydrogen-bond donors (Lipinski definition) is 0. The molecule has 0 amide bonds. The van der Waals surface area contributed by atoms with Gasteiger partial charge in [0.05, 0.1) is 0 Å². The van der Waals surface area contributed by atoms with Gasteiger partial charge in [-0.1, -0.05) is 160 Å². The minimum Gasteiger partial charge on any atom is -0.0984 e. The standard InChI is InChI=1S/C45H34/c1-5-35-36(6-2)44(34-24-21-29-13-7-8-14-32(29)27-34)40-17-10-9-16-39(40)43(35)31-22-19-30(20-23-31)33-25-26-38-37-15-11-12-18-41(37)45(3,4)42(38)28-33/h5-28H,1-2H2,3-4H3. The Balaban J connectivity index is 1.27. The molecule has 214 valence electrons. The van der Waals surface area contributed by atoms with E-state index in [1.807, 2.05) is 12.2 Å². The molecule has 0 bridgehead atoms. The van der Waals surface area contributed by atoms with Gasteiger partial charge in [-0.05, 0) is 100 Å². The van der Waals surface area contributed by atoms with Crippen molar-refractivity contribution in [2.45, 2.75) is 19.3 Å². The van der Waals surface area contributed by atoms with Crippen LogP contribution in [0, 0.1) is 0 Å². The van der Waals surface area contributed by atoms with E-state index in [2.05, 4.69) is 160 Å². The summed E-state index contributed by atoms with van der Waals surface area (Å²) in [5.41, 5.74) is 14.9. The molecule has 0 aliphatic heterocycles. The molecule has 1 aliphatic rings. The molecule has 0 saturated carbocycles. The zero-order valence-corrected chi connectivity index (χ0v) is 25.8. The molecule has 0 fully saturated rings. The molecule has 0 atom stereocenters. The first-order valence-corrected chi connectivity index (χ1v) is 15.7. The fourth-order valence-electron chi connectivity index (χ4n) is 7.58. The number of rotatable bonds is 5. The van der Waals surface area contributed by atoms with Gasteiger partial charge < -0.3 is 0 Å². The highest BCUT2D eigenvalue weighted by molar-refractivity contribution is 6.12. The Morgan fingerprint density at radius 3 is 1.69 bits per heavy atom. The van der Waals surface area contributed by atoms with Gasteiger partial charge in [-0.25, -0.2) is 0 Å². The van der Waals surface area contributed by atoms with Crippen molar-refractivity contribution in [1.29, 1.82) is 0 Å². The van der Waals surface area contributed by atoms with Gasteiger partial charge in [0.2, 0.25) is 0 Å². The molecular weight excluding hydrogens is 540 g/mol. The van der Waals surface area contributed by atoms with Crippen molar-refractivity contribution >= 4 is 33.7 Å². The lowest BCUT2D eigenvalue weighted by Gasteiger charge is -2.22. The molecule has 0 aromatic heterocycles. The molecule has 0 heteroatoms. The summed E-state index contributed by atoms with van der Waals surface area (Å²) in [7, 11) is 0. The first-order valence-electron chi connectivity index (χ1n) is 15.7. The largest absolute Gasteiger partial charge is 0.0984 e. The summed E-state index contributed by atoms with van der Waals surface area (Å²) in [6.45, 7) is 13.3. The lowest BCUT2D eigenvalue weighted by molar-refractivity contribution is 0.660. The van der Waals surface area contributed by atoms with E-state index in [0.717, 1.165) is 11.1 Å². The second-order valence-electron chi connectivity index (χ2n) is 12.6. The van der Waals surface area contributed by atoms with E-state index in [1.54, 1.807) is 0 Å². The third-order valence-corrected chi connectivity index (χ3v) is 9.83. The molecule has 0 heterocycles. The summed E-state index contributed by atoms with van der Waals surface area (Å²) in [5.74, 6) is 0. The van der Waals surface area contributed by atoms with E-state index in [9.17, 15) is 0 Å². The molecule has 0 spiro atoms. The van der Waals surface area contributed by atoms with Gasteiger partial charge in [-0.15, -0.1) is 0 Å². The van der Waals surface area contributed by atoms with Crippen molar-refractivity contribution in [3.63, 3.8) is 0 Å². The van der Waals surface area contributed by atoms with Crippen LogP contribution in [0.15, 0.2) is 147 Å². The highest BCUT2D eigenvalue weighted by Crippen LogP contribution is 2.50. The van der Waals surface area contributed by atoms with Crippen molar-refractivity contribution in [2.75, 3.05) is 0 Å². The van der Waals surface area contributed by atoms with Gasteiger partial charge in [0.15, 0.2) is 0 Å². The lowest BCUT2D eigenvalue weighted by atomic mass is 9.81. The molecule has 7 aromatic carbocycles. The molecule has 1 aliphatic carbocycles. The fourth-order valence-corrected chi connectivity index (χ4v) is 7.58. The van der Waals surface area contributed by atoms with Crippen LogP contribution in [-0.4, -0.2) is 0 Å². The van der Waals surface area contributed by atoms with E-state index >= 15 is 0 Å². The third kappa shape index (κ3) is 4.14. The maximum absolute atomic E-state index is 4.30. The lowest BCUT2D eigenvalue weighted by Crippen LogP contribution is -2.14. The van der Waals surface area contributed by atoms with Crippen LogP contribution in [0.1, 0.15) is 36.1 Å². The topological polar surface area (TPSA) is 0 Å². The summed E-state index contributed by atoms with van der Waals surface area (Å²) in [4.78, 5) is 0. The second-order valence-corrected chi connectivity index (χ2v) is 12.6. The summed E-state index contributed by atoms with van der Waals surface area (Å²) in [6.07, 6.45) is 3.99. The van der Waals surface area contributed by atoms with Gasteiger partial charge in [0.25, 0.3) is 0 Å². The molecule has 45 heavy (non-hydrogen) atoms. The van der Waals surface area contributed by atoms with Crippen molar-refractivity contribution in [2.24, 2.45) is 0 Å². The highest BCUT2D eigenvalue weighted by Gasteiger charge is 2.35. The number of fused-ring (bicyclic) bond motifs is 5. The van der Waals surface area contributed by atoms with Gasteiger partial charge >= 0.3 is 0 Å². The average Bonchev–Trinajstić information content (AvgIpc) is 3.32. The van der Waals surface area contributed by atoms with E-state index in [4.69, 9.17) is 0 Å². The summed E-state index contributed by atoms with van der Waals surface area (Å²) in [5, 5.41) is 4.90. The summed E-state index contributed by atoms with van der Waals surface area (Å²) >= 11 is 0. The Kier molecular flexibility index (Phi) is 6.22. The van der Waals surface area contributed by atoms with Gasteiger partial charge in [0, 0.05) is 5.41 Å². The second kappa shape index (κ2) is 10.3. The Labute approximate surface area is 265 Å². The number of benzene rings is 7. The van der Waals surface area contributed by atoms with Crippen molar-refractivity contribution in [3.8, 4) is 44.5 Å². The zero-order chi connectivity index (χ0) is 30.7. The monoisotopic (exact) mass is 574 g/mol. The zero-order valence-electron chi connectivity index (χ0n) is 25.8. The first kappa shape index (κ1) is 27.1. The van der Waals surface area contributed by atoms with Crippen LogP contribution in [0.4, 0.5) is 0 Å². The quantitative estimate of drug-likeness (QED) is 0.192. The van der Waals surface area contributed by atoms with E-state index in [1.165, 1.54) is 77.2 Å². The minimum atomic E-state index is -0.0203. The summed E-state index contributed by atoms with van der Waals surface area (Å²) in [6, 6.07) is 48.9. The Morgan fingerprint density at radius 2 is 0.978 bits per heavy atom. The molecular formula is C45H34. The maximum Gasteiger partial charge on any atom is 0.0159 e.